The van der Waals surface area contributed by atoms with E-state index in [1.807, 2.05) is 18.2 Å². The van der Waals surface area contributed by atoms with Crippen molar-refractivity contribution in [2.45, 2.75) is 25.4 Å². The molecule has 1 heteroatoms. The van der Waals surface area contributed by atoms with Crippen molar-refractivity contribution in [3.05, 3.63) is 47.5 Å². The fourth-order valence-electron chi connectivity index (χ4n) is 1.95. The van der Waals surface area contributed by atoms with Crippen LogP contribution in [-0.2, 0) is 6.61 Å². The summed E-state index contributed by atoms with van der Waals surface area (Å²) >= 11 is 0. The first kappa shape index (κ1) is 8.52. The van der Waals surface area contributed by atoms with Crippen molar-refractivity contribution in [1.29, 1.82) is 0 Å². The van der Waals surface area contributed by atoms with Crippen molar-refractivity contribution in [2.75, 3.05) is 0 Å². The van der Waals surface area contributed by atoms with Crippen molar-refractivity contribution < 1.29 is 5.11 Å². The predicted octanol–water partition coefficient (Wildman–Crippen LogP) is 2.61. The summed E-state index contributed by atoms with van der Waals surface area (Å²) in [6.07, 6.45) is 6.69. The maximum Gasteiger partial charge on any atom is 0.0684 e. The first-order chi connectivity index (χ1) is 6.42. The highest BCUT2D eigenvalue weighted by molar-refractivity contribution is 5.32. The molecule has 13 heavy (non-hydrogen) atoms. The Morgan fingerprint density at radius 1 is 1.15 bits per heavy atom. The van der Waals surface area contributed by atoms with Gasteiger partial charge in [-0.2, -0.15) is 0 Å². The van der Waals surface area contributed by atoms with Crippen molar-refractivity contribution in [2.24, 2.45) is 0 Å². The Morgan fingerprint density at radius 2 is 1.85 bits per heavy atom. The van der Waals surface area contributed by atoms with E-state index in [1.165, 1.54) is 5.56 Å². The minimum absolute atomic E-state index is 0.159. The number of allylic oxidation sites excluding steroid dienone is 2. The molecule has 1 N–H and O–H groups in total. The molecule has 68 valence electrons. The van der Waals surface area contributed by atoms with Crippen LogP contribution in [0, 0.1) is 0 Å². The molecule has 2 rings (SSSR count). The molecule has 1 aliphatic carbocycles. The van der Waals surface area contributed by atoms with Crippen molar-refractivity contribution in [3.8, 4) is 0 Å². The monoisotopic (exact) mass is 174 g/mol. The molecule has 0 saturated heterocycles. The van der Waals surface area contributed by atoms with Crippen LogP contribution in [0.15, 0.2) is 36.4 Å². The molecule has 0 unspecified atom stereocenters. The molecular formula is C12H14O. The molecule has 0 aromatic heterocycles. The lowest BCUT2D eigenvalue weighted by Crippen LogP contribution is -1.98. The number of aliphatic hydroxyl groups excluding tert-OH is 1. The average molecular weight is 174 g/mol. The maximum atomic E-state index is 9.16. The molecule has 0 saturated carbocycles. The Balaban J connectivity index is 2.27. The van der Waals surface area contributed by atoms with Crippen molar-refractivity contribution in [3.63, 3.8) is 0 Å². The molecule has 0 spiro atoms. The number of rotatable bonds is 2. The Labute approximate surface area is 78.7 Å². The van der Waals surface area contributed by atoms with Crippen LogP contribution in [0.3, 0.4) is 0 Å². The van der Waals surface area contributed by atoms with E-state index in [2.05, 4.69) is 18.2 Å². The van der Waals surface area contributed by atoms with Crippen LogP contribution in [0.5, 0.6) is 0 Å². The summed E-state index contributed by atoms with van der Waals surface area (Å²) in [7, 11) is 0. The van der Waals surface area contributed by atoms with E-state index < -0.39 is 0 Å². The Morgan fingerprint density at radius 3 is 2.54 bits per heavy atom. The number of hydrogen-bond acceptors (Lipinski definition) is 1. The lowest BCUT2D eigenvalue weighted by atomic mass is 9.93. The summed E-state index contributed by atoms with van der Waals surface area (Å²) in [4.78, 5) is 0. The van der Waals surface area contributed by atoms with Crippen LogP contribution in [0.4, 0.5) is 0 Å². The molecule has 1 aromatic carbocycles. The second-order valence-electron chi connectivity index (χ2n) is 3.50. The van der Waals surface area contributed by atoms with Crippen molar-refractivity contribution in [1.82, 2.24) is 0 Å². The van der Waals surface area contributed by atoms with Gasteiger partial charge in [-0.15, -0.1) is 0 Å². The first-order valence-corrected chi connectivity index (χ1v) is 4.75. The predicted molar refractivity (Wildman–Crippen MR) is 53.5 cm³/mol. The lowest BCUT2D eigenvalue weighted by Gasteiger charge is -2.13. The third-order valence-electron chi connectivity index (χ3n) is 2.67. The normalized spacial score (nSPS) is 16.7. The highest BCUT2D eigenvalue weighted by atomic mass is 16.3. The summed E-state index contributed by atoms with van der Waals surface area (Å²) in [5.41, 5.74) is 2.39. The summed E-state index contributed by atoms with van der Waals surface area (Å²) < 4.78 is 0. The molecule has 1 aromatic rings. The number of benzene rings is 1. The van der Waals surface area contributed by atoms with Crippen molar-refractivity contribution >= 4 is 0 Å². The van der Waals surface area contributed by atoms with Crippen LogP contribution in [0.25, 0.3) is 0 Å². The molecule has 0 radical (unpaired) electrons. The molecular weight excluding hydrogens is 160 g/mol. The van der Waals surface area contributed by atoms with Crippen LogP contribution in [0.1, 0.15) is 29.9 Å². The topological polar surface area (TPSA) is 20.2 Å². The van der Waals surface area contributed by atoms with Gasteiger partial charge in [0.15, 0.2) is 0 Å². The lowest BCUT2D eigenvalue weighted by molar-refractivity contribution is 0.280. The summed E-state index contributed by atoms with van der Waals surface area (Å²) in [5, 5.41) is 9.16. The quantitative estimate of drug-likeness (QED) is 0.683. The van der Waals surface area contributed by atoms with E-state index in [0.29, 0.717) is 5.92 Å². The Kier molecular flexibility index (Phi) is 2.46. The molecule has 0 aliphatic heterocycles. The summed E-state index contributed by atoms with van der Waals surface area (Å²) in [5.74, 6) is 0.600. The van der Waals surface area contributed by atoms with Gasteiger partial charge in [-0.1, -0.05) is 36.4 Å². The van der Waals surface area contributed by atoms with E-state index in [0.717, 1.165) is 18.4 Å². The molecule has 0 fully saturated rings. The van der Waals surface area contributed by atoms with Gasteiger partial charge in [0, 0.05) is 0 Å². The Hall–Kier alpha value is -1.08. The molecule has 1 aliphatic rings. The summed E-state index contributed by atoms with van der Waals surface area (Å²) in [6.45, 7) is 0.159. The zero-order valence-corrected chi connectivity index (χ0v) is 7.61. The van der Waals surface area contributed by atoms with Gasteiger partial charge < -0.3 is 5.11 Å². The van der Waals surface area contributed by atoms with E-state index in [-0.39, 0.29) is 6.61 Å². The molecule has 0 amide bonds. The smallest absolute Gasteiger partial charge is 0.0684 e. The summed E-state index contributed by atoms with van der Waals surface area (Å²) in [6, 6.07) is 8.17. The van der Waals surface area contributed by atoms with Crippen LogP contribution in [-0.4, -0.2) is 5.11 Å². The van der Waals surface area contributed by atoms with E-state index >= 15 is 0 Å². The van der Waals surface area contributed by atoms with Gasteiger partial charge in [0.1, 0.15) is 0 Å². The standard InChI is InChI=1S/C12H14O/c13-9-11-7-3-4-8-12(11)10-5-1-2-6-10/h1-4,7-8,10,13H,5-6,9H2. The third kappa shape index (κ3) is 1.65. The van der Waals surface area contributed by atoms with Gasteiger partial charge >= 0.3 is 0 Å². The largest absolute Gasteiger partial charge is 0.392 e. The minimum Gasteiger partial charge on any atom is -0.392 e. The van der Waals surface area contributed by atoms with Crippen LogP contribution in [0.2, 0.25) is 0 Å². The maximum absolute atomic E-state index is 9.16. The minimum atomic E-state index is 0.159. The fraction of sp³-hybridized carbons (Fsp3) is 0.333. The molecule has 0 bridgehead atoms. The number of hydrogen-bond donors (Lipinski definition) is 1. The van der Waals surface area contributed by atoms with E-state index in [4.69, 9.17) is 5.11 Å². The number of aliphatic hydroxyl groups is 1. The van der Waals surface area contributed by atoms with Gasteiger partial charge in [-0.3, -0.25) is 0 Å². The Bertz CT molecular complexity index is 307. The molecule has 0 heterocycles. The van der Waals surface area contributed by atoms with Gasteiger partial charge in [0.2, 0.25) is 0 Å². The highest BCUT2D eigenvalue weighted by Crippen LogP contribution is 2.31. The SMILES string of the molecule is OCc1ccccc1C1CC=CC1. The second kappa shape index (κ2) is 3.75. The average Bonchev–Trinajstić information content (AvgIpc) is 2.70. The molecule has 1 nitrogen and oxygen atoms in total. The highest BCUT2D eigenvalue weighted by Gasteiger charge is 2.14. The van der Waals surface area contributed by atoms with Gasteiger partial charge in [0.05, 0.1) is 6.61 Å². The van der Waals surface area contributed by atoms with Gasteiger partial charge in [0.25, 0.3) is 0 Å². The first-order valence-electron chi connectivity index (χ1n) is 4.75. The third-order valence-corrected chi connectivity index (χ3v) is 2.67. The fourth-order valence-corrected chi connectivity index (χ4v) is 1.95. The zero-order valence-electron chi connectivity index (χ0n) is 7.61. The van der Waals surface area contributed by atoms with Crippen LogP contribution < -0.4 is 0 Å². The zero-order chi connectivity index (χ0) is 9.10. The van der Waals surface area contributed by atoms with E-state index in [9.17, 15) is 0 Å². The van der Waals surface area contributed by atoms with E-state index in [1.54, 1.807) is 0 Å². The van der Waals surface area contributed by atoms with Gasteiger partial charge in [-0.25, -0.2) is 0 Å². The van der Waals surface area contributed by atoms with Crippen LogP contribution >= 0.6 is 0 Å². The van der Waals surface area contributed by atoms with Gasteiger partial charge in [-0.05, 0) is 29.9 Å². The second-order valence-corrected chi connectivity index (χ2v) is 3.50. The molecule has 0 atom stereocenters.